The molecule has 154 valence electrons. The van der Waals surface area contributed by atoms with E-state index in [1.165, 1.54) is 62.6 Å². The van der Waals surface area contributed by atoms with Gasteiger partial charge in [0.1, 0.15) is 6.20 Å². The summed E-state index contributed by atoms with van der Waals surface area (Å²) >= 11 is 0. The Morgan fingerprint density at radius 2 is 1.70 bits per heavy atom. The Balaban J connectivity index is 2.20. The highest BCUT2D eigenvalue weighted by molar-refractivity contribution is 7.89. The molecule has 0 amide bonds. The summed E-state index contributed by atoms with van der Waals surface area (Å²) in [6.45, 7) is 2.21. The lowest BCUT2D eigenvalue weighted by molar-refractivity contribution is -0.396. The van der Waals surface area contributed by atoms with Crippen molar-refractivity contribution in [3.8, 4) is 0 Å². The molecule has 0 fully saturated rings. The molecule has 0 radical (unpaired) electrons. The summed E-state index contributed by atoms with van der Waals surface area (Å²) in [7, 11) is -2.03. The van der Waals surface area contributed by atoms with Crippen LogP contribution in [0, 0.1) is 10.1 Å². The van der Waals surface area contributed by atoms with Crippen LogP contribution < -0.4 is 4.83 Å². The molecule has 0 atom stereocenters. The molecule has 0 aliphatic heterocycles. The highest BCUT2D eigenvalue weighted by Crippen LogP contribution is 2.11. The maximum Gasteiger partial charge on any atom is 0.434 e. The molecule has 0 spiro atoms. The van der Waals surface area contributed by atoms with E-state index in [1.54, 1.807) is 0 Å². The first kappa shape index (κ1) is 23.1. The van der Waals surface area contributed by atoms with Crippen LogP contribution >= 0.6 is 0 Å². The van der Waals surface area contributed by atoms with Crippen molar-refractivity contribution in [3.05, 3.63) is 22.0 Å². The molecule has 0 bridgehead atoms. The summed E-state index contributed by atoms with van der Waals surface area (Å²) < 4.78 is 25.0. The van der Waals surface area contributed by atoms with Gasteiger partial charge < -0.3 is 10.1 Å². The molecule has 1 heterocycles. The molecule has 0 aliphatic rings. The zero-order chi connectivity index (χ0) is 20.1. The normalized spacial score (nSPS) is 11.9. The van der Waals surface area contributed by atoms with Gasteiger partial charge in [-0.1, -0.05) is 69.7 Å². The van der Waals surface area contributed by atoms with E-state index in [4.69, 9.17) is 0 Å². The summed E-state index contributed by atoms with van der Waals surface area (Å²) in [5, 5.41) is 14.4. The van der Waals surface area contributed by atoms with E-state index < -0.39 is 14.9 Å². The van der Waals surface area contributed by atoms with Gasteiger partial charge in [-0.3, -0.25) is 0 Å². The van der Waals surface area contributed by atoms with Gasteiger partial charge in [0, 0.05) is 0 Å². The molecule has 0 unspecified atom stereocenters. The molecule has 10 heteroatoms. The number of imidazole rings is 1. The third-order valence-corrected chi connectivity index (χ3v) is 5.53. The van der Waals surface area contributed by atoms with Gasteiger partial charge in [0.15, 0.2) is 5.69 Å². The number of nitrogens with one attached hydrogen (secondary N) is 1. The molecule has 0 aliphatic carbocycles. The van der Waals surface area contributed by atoms with E-state index in [0.29, 0.717) is 12.1 Å². The predicted molar refractivity (Wildman–Crippen MR) is 106 cm³/mol. The Hall–Kier alpha value is -1.97. The third kappa shape index (κ3) is 9.50. The monoisotopic (exact) mass is 401 g/mol. The number of unbranched alkanes of at least 4 members (excludes halogenated alkanes) is 9. The average Bonchev–Trinajstić information content (AvgIpc) is 2.97. The largest absolute Gasteiger partial charge is 0.434 e. The van der Waals surface area contributed by atoms with Crippen LogP contribution in [0.15, 0.2) is 11.3 Å². The van der Waals surface area contributed by atoms with E-state index in [1.807, 2.05) is 0 Å². The Morgan fingerprint density at radius 1 is 1.15 bits per heavy atom. The minimum Gasteiger partial charge on any atom is -0.390 e. The van der Waals surface area contributed by atoms with Crippen molar-refractivity contribution in [1.82, 2.24) is 14.4 Å². The van der Waals surface area contributed by atoms with E-state index >= 15 is 0 Å². The van der Waals surface area contributed by atoms with E-state index in [-0.39, 0.29) is 11.7 Å². The van der Waals surface area contributed by atoms with Crippen LogP contribution in [0.5, 0.6) is 0 Å². The number of hydrazone groups is 1. The maximum absolute atomic E-state index is 11.9. The van der Waals surface area contributed by atoms with Gasteiger partial charge in [-0.05, 0) is 11.3 Å². The molecule has 0 aromatic carbocycles. The second kappa shape index (κ2) is 12.4. The van der Waals surface area contributed by atoms with Crippen LogP contribution in [0.1, 0.15) is 76.8 Å². The fourth-order valence-corrected chi connectivity index (χ4v) is 3.59. The number of aromatic nitrogens is 2. The van der Waals surface area contributed by atoms with Gasteiger partial charge >= 0.3 is 5.95 Å². The molecule has 1 aromatic rings. The number of nitro groups is 1. The molecule has 27 heavy (non-hydrogen) atoms. The zero-order valence-corrected chi connectivity index (χ0v) is 17.1. The van der Waals surface area contributed by atoms with Crippen molar-refractivity contribution in [1.29, 1.82) is 0 Å². The van der Waals surface area contributed by atoms with Gasteiger partial charge in [0.25, 0.3) is 0 Å². The van der Waals surface area contributed by atoms with Crippen LogP contribution in [0.3, 0.4) is 0 Å². The topological polar surface area (TPSA) is 119 Å². The van der Waals surface area contributed by atoms with Gasteiger partial charge in [-0.25, -0.2) is 17.8 Å². The number of nitrogens with zero attached hydrogens (tertiary/aromatic N) is 4. The van der Waals surface area contributed by atoms with Crippen LogP contribution in [0.2, 0.25) is 0 Å². The fraction of sp³-hybridized carbons (Fsp3) is 0.765. The molecular weight excluding hydrogens is 370 g/mol. The van der Waals surface area contributed by atoms with Gasteiger partial charge in [-0.2, -0.15) is 5.10 Å². The minimum atomic E-state index is -3.49. The van der Waals surface area contributed by atoms with Crippen LogP contribution in [0.4, 0.5) is 5.95 Å². The van der Waals surface area contributed by atoms with Crippen molar-refractivity contribution in [3.63, 3.8) is 0 Å². The summed E-state index contributed by atoms with van der Waals surface area (Å²) in [6.07, 6.45) is 13.8. The number of hydrogen-bond donors (Lipinski definition) is 1. The first-order valence-electron chi connectivity index (χ1n) is 9.56. The highest BCUT2D eigenvalue weighted by Gasteiger charge is 2.16. The maximum atomic E-state index is 11.9. The van der Waals surface area contributed by atoms with Crippen molar-refractivity contribution < 1.29 is 13.3 Å². The second-order valence-electron chi connectivity index (χ2n) is 6.65. The van der Waals surface area contributed by atoms with Gasteiger partial charge in [-0.15, -0.1) is 0 Å². The van der Waals surface area contributed by atoms with Crippen LogP contribution in [-0.2, 0) is 17.1 Å². The third-order valence-electron chi connectivity index (χ3n) is 4.32. The lowest BCUT2D eigenvalue weighted by Gasteiger charge is -2.04. The smallest absolute Gasteiger partial charge is 0.390 e. The second-order valence-corrected chi connectivity index (χ2v) is 8.47. The lowest BCUT2D eigenvalue weighted by Crippen LogP contribution is -2.21. The van der Waals surface area contributed by atoms with Crippen LogP contribution in [-0.4, -0.2) is 34.9 Å². The summed E-state index contributed by atoms with van der Waals surface area (Å²) in [4.78, 5) is 15.9. The molecule has 1 N–H and O–H groups in total. The van der Waals surface area contributed by atoms with E-state index in [9.17, 15) is 18.5 Å². The molecule has 1 aromatic heterocycles. The molecule has 0 saturated carbocycles. The number of sulfonamides is 1. The SMILES string of the molecule is CCCCCCCCCCCCS(=O)(=O)N/N=C/c1cnc([N+](=O)[O-])n1C. The summed E-state index contributed by atoms with van der Waals surface area (Å²) in [5.41, 5.74) is 0.336. The van der Waals surface area contributed by atoms with Gasteiger partial charge in [0.2, 0.25) is 10.0 Å². The Labute approximate surface area is 161 Å². The minimum absolute atomic E-state index is 0.0202. The first-order chi connectivity index (χ1) is 12.9. The van der Waals surface area contributed by atoms with E-state index in [0.717, 1.165) is 19.3 Å². The molecule has 0 saturated heterocycles. The molecular formula is C17H31N5O4S. The predicted octanol–water partition coefficient (Wildman–Crippen LogP) is 3.50. The Bertz CT molecular complexity index is 700. The molecule has 9 nitrogen and oxygen atoms in total. The fourth-order valence-electron chi connectivity index (χ4n) is 2.70. The van der Waals surface area contributed by atoms with Crippen molar-refractivity contribution >= 4 is 22.2 Å². The van der Waals surface area contributed by atoms with Crippen molar-refractivity contribution in [2.45, 2.75) is 71.1 Å². The van der Waals surface area contributed by atoms with E-state index in [2.05, 4.69) is 21.8 Å². The van der Waals surface area contributed by atoms with Crippen molar-refractivity contribution in [2.24, 2.45) is 12.1 Å². The summed E-state index contributed by atoms with van der Waals surface area (Å²) in [5.74, 6) is -0.309. The van der Waals surface area contributed by atoms with Crippen LogP contribution in [0.25, 0.3) is 0 Å². The lowest BCUT2D eigenvalue weighted by atomic mass is 10.1. The number of rotatable bonds is 15. The first-order valence-corrected chi connectivity index (χ1v) is 11.2. The quantitative estimate of drug-likeness (QED) is 0.209. The average molecular weight is 402 g/mol. The Morgan fingerprint density at radius 3 is 2.22 bits per heavy atom. The summed E-state index contributed by atoms with van der Waals surface area (Å²) in [6, 6.07) is 0. The number of hydrogen-bond acceptors (Lipinski definition) is 6. The highest BCUT2D eigenvalue weighted by atomic mass is 32.2. The van der Waals surface area contributed by atoms with Gasteiger partial charge in [0.05, 0.1) is 19.0 Å². The zero-order valence-electron chi connectivity index (χ0n) is 16.3. The van der Waals surface area contributed by atoms with Crippen molar-refractivity contribution in [2.75, 3.05) is 5.75 Å². The standard InChI is InChI=1S/C17H31N5O4S/c1-3-4-5-6-7-8-9-10-11-12-13-27(25,26)20-19-15-16-14-18-17(21(16)2)22(23)24/h14-15,20H,3-13H2,1-2H3/b19-15+. The molecule has 1 rings (SSSR count). The Kier molecular flexibility index (Phi) is 10.6.